The predicted octanol–water partition coefficient (Wildman–Crippen LogP) is 2.57. The van der Waals surface area contributed by atoms with E-state index in [1.54, 1.807) is 6.92 Å². The molecule has 0 atom stereocenters. The first-order chi connectivity index (χ1) is 10.2. The molecule has 0 radical (unpaired) electrons. The summed E-state index contributed by atoms with van der Waals surface area (Å²) < 4.78 is 15.9. The molecule has 0 amide bonds. The second-order valence-electron chi connectivity index (χ2n) is 4.80. The molecule has 110 valence electrons. The summed E-state index contributed by atoms with van der Waals surface area (Å²) in [5.41, 5.74) is 3.42. The Bertz CT molecular complexity index is 646. The number of fused-ring (bicyclic) bond motifs is 2. The van der Waals surface area contributed by atoms with E-state index in [0.29, 0.717) is 24.5 Å². The molecule has 0 saturated heterocycles. The molecule has 1 aromatic carbocycles. The molecule has 5 heteroatoms. The van der Waals surface area contributed by atoms with E-state index in [2.05, 4.69) is 4.99 Å². The second-order valence-corrected chi connectivity index (χ2v) is 4.80. The molecule has 21 heavy (non-hydrogen) atoms. The van der Waals surface area contributed by atoms with Gasteiger partial charge in [0, 0.05) is 11.3 Å². The maximum absolute atomic E-state index is 12.0. The number of nitrogens with zero attached hydrogens (tertiary/aromatic N) is 1. The first-order valence-electron chi connectivity index (χ1n) is 7.08. The van der Waals surface area contributed by atoms with Crippen molar-refractivity contribution in [1.82, 2.24) is 0 Å². The quantitative estimate of drug-likeness (QED) is 0.802. The van der Waals surface area contributed by atoms with Crippen molar-refractivity contribution in [2.75, 3.05) is 19.9 Å². The monoisotopic (exact) mass is 287 g/mol. The van der Waals surface area contributed by atoms with Crippen LogP contribution in [0, 0.1) is 0 Å². The zero-order valence-electron chi connectivity index (χ0n) is 12.1. The molecule has 2 heterocycles. The molecular formula is C16H17NO4. The number of hydrogen-bond acceptors (Lipinski definition) is 5. The smallest absolute Gasteiger partial charge is 0.335 e. The van der Waals surface area contributed by atoms with Crippen LogP contribution in [0.5, 0.6) is 11.5 Å². The van der Waals surface area contributed by atoms with Gasteiger partial charge in [0.2, 0.25) is 6.79 Å². The highest BCUT2D eigenvalue weighted by Gasteiger charge is 2.22. The van der Waals surface area contributed by atoms with E-state index in [-0.39, 0.29) is 12.8 Å². The van der Waals surface area contributed by atoms with Crippen LogP contribution in [0.25, 0.3) is 6.08 Å². The lowest BCUT2D eigenvalue weighted by molar-refractivity contribution is -0.138. The molecule has 5 nitrogen and oxygen atoms in total. The molecule has 0 saturated carbocycles. The van der Waals surface area contributed by atoms with Gasteiger partial charge >= 0.3 is 5.97 Å². The van der Waals surface area contributed by atoms with Crippen LogP contribution in [-0.4, -0.2) is 31.6 Å². The van der Waals surface area contributed by atoms with Gasteiger partial charge in [-0.3, -0.25) is 4.99 Å². The summed E-state index contributed by atoms with van der Waals surface area (Å²) in [6.45, 7) is 4.76. The number of carbonyl (C=O) groups excluding carboxylic acids is 1. The van der Waals surface area contributed by atoms with Gasteiger partial charge < -0.3 is 14.2 Å². The Balaban J connectivity index is 2.08. The first kappa shape index (κ1) is 13.7. The van der Waals surface area contributed by atoms with Crippen molar-refractivity contribution in [3.05, 3.63) is 28.8 Å². The minimum atomic E-state index is -0.317. The molecular weight excluding hydrogens is 270 g/mol. The van der Waals surface area contributed by atoms with Crippen LogP contribution in [0.2, 0.25) is 0 Å². The van der Waals surface area contributed by atoms with Gasteiger partial charge in [-0.25, -0.2) is 4.79 Å². The fourth-order valence-electron chi connectivity index (χ4n) is 2.48. The number of hydrogen-bond donors (Lipinski definition) is 0. The van der Waals surface area contributed by atoms with E-state index in [0.717, 1.165) is 29.0 Å². The van der Waals surface area contributed by atoms with Gasteiger partial charge in [0.15, 0.2) is 11.5 Å². The SMILES string of the molecule is CCOC(=O)C1=Cc2cc3c(cc2C(CC)=NC1)OCO3. The number of aliphatic imine (C=N–C) groups is 1. The van der Waals surface area contributed by atoms with E-state index in [1.165, 1.54) is 0 Å². The van der Waals surface area contributed by atoms with Crippen LogP contribution >= 0.6 is 0 Å². The number of ether oxygens (including phenoxy) is 3. The van der Waals surface area contributed by atoms with Gasteiger partial charge in [0.05, 0.1) is 18.7 Å². The molecule has 1 aromatic rings. The topological polar surface area (TPSA) is 57.1 Å². The molecule has 3 rings (SSSR count). The lowest BCUT2D eigenvalue weighted by atomic mass is 9.99. The summed E-state index contributed by atoms with van der Waals surface area (Å²) in [6.07, 6.45) is 2.62. The van der Waals surface area contributed by atoms with Gasteiger partial charge in [-0.15, -0.1) is 0 Å². The van der Waals surface area contributed by atoms with E-state index in [4.69, 9.17) is 14.2 Å². The number of esters is 1. The van der Waals surface area contributed by atoms with Gasteiger partial charge in [0.1, 0.15) is 0 Å². The Morgan fingerprint density at radius 1 is 1.29 bits per heavy atom. The predicted molar refractivity (Wildman–Crippen MR) is 78.9 cm³/mol. The van der Waals surface area contributed by atoms with Crippen LogP contribution in [-0.2, 0) is 9.53 Å². The largest absolute Gasteiger partial charge is 0.463 e. The van der Waals surface area contributed by atoms with Crippen LogP contribution < -0.4 is 9.47 Å². The highest BCUT2D eigenvalue weighted by Crippen LogP contribution is 2.37. The summed E-state index contributed by atoms with van der Waals surface area (Å²) in [4.78, 5) is 16.5. The Morgan fingerprint density at radius 3 is 2.76 bits per heavy atom. The highest BCUT2D eigenvalue weighted by molar-refractivity contribution is 6.07. The summed E-state index contributed by atoms with van der Waals surface area (Å²) in [6, 6.07) is 3.83. The Labute approximate surface area is 123 Å². The number of benzene rings is 1. The summed E-state index contributed by atoms with van der Waals surface area (Å²) in [5, 5.41) is 0. The minimum Gasteiger partial charge on any atom is -0.463 e. The average Bonchev–Trinajstić information content (AvgIpc) is 2.85. The van der Waals surface area contributed by atoms with Crippen molar-refractivity contribution < 1.29 is 19.0 Å². The maximum atomic E-state index is 12.0. The third-order valence-corrected chi connectivity index (χ3v) is 3.50. The fourth-order valence-corrected chi connectivity index (χ4v) is 2.48. The number of carbonyl (C=O) groups is 1. The van der Waals surface area contributed by atoms with E-state index in [9.17, 15) is 4.79 Å². The Kier molecular flexibility index (Phi) is 3.64. The molecule has 0 N–H and O–H groups in total. The minimum absolute atomic E-state index is 0.227. The first-order valence-corrected chi connectivity index (χ1v) is 7.08. The fraction of sp³-hybridized carbons (Fsp3) is 0.375. The Hall–Kier alpha value is -2.30. The highest BCUT2D eigenvalue weighted by atomic mass is 16.7. The van der Waals surface area contributed by atoms with Gasteiger partial charge in [0.25, 0.3) is 0 Å². The zero-order valence-corrected chi connectivity index (χ0v) is 12.1. The lowest BCUT2D eigenvalue weighted by Crippen LogP contribution is -2.09. The van der Waals surface area contributed by atoms with Crippen LogP contribution in [0.15, 0.2) is 22.7 Å². The average molecular weight is 287 g/mol. The zero-order chi connectivity index (χ0) is 14.8. The van der Waals surface area contributed by atoms with E-state index < -0.39 is 0 Å². The molecule has 0 aliphatic carbocycles. The summed E-state index contributed by atoms with van der Waals surface area (Å²) >= 11 is 0. The lowest BCUT2D eigenvalue weighted by Gasteiger charge is -2.08. The third kappa shape index (κ3) is 2.51. The van der Waals surface area contributed by atoms with Crippen LogP contribution in [0.1, 0.15) is 31.4 Å². The van der Waals surface area contributed by atoms with Crippen molar-refractivity contribution in [2.24, 2.45) is 4.99 Å². The van der Waals surface area contributed by atoms with Gasteiger partial charge in [-0.05, 0) is 37.1 Å². The van der Waals surface area contributed by atoms with Crippen molar-refractivity contribution in [3.8, 4) is 11.5 Å². The molecule has 2 aliphatic heterocycles. The van der Waals surface area contributed by atoms with Gasteiger partial charge in [-0.1, -0.05) is 6.92 Å². The normalized spacial score (nSPS) is 15.7. The van der Waals surface area contributed by atoms with Crippen LogP contribution in [0.3, 0.4) is 0 Å². The van der Waals surface area contributed by atoms with Crippen molar-refractivity contribution >= 4 is 17.8 Å². The third-order valence-electron chi connectivity index (χ3n) is 3.50. The van der Waals surface area contributed by atoms with Crippen molar-refractivity contribution in [3.63, 3.8) is 0 Å². The standard InChI is InChI=1S/C16H17NO4/c1-3-13-12-7-15-14(20-9-21-15)6-10(12)5-11(8-17-13)16(18)19-4-2/h5-7H,3-4,8-9H2,1-2H3. The molecule has 0 spiro atoms. The Morgan fingerprint density at radius 2 is 2.05 bits per heavy atom. The molecule has 2 aliphatic rings. The maximum Gasteiger partial charge on any atom is 0.335 e. The molecule has 0 aromatic heterocycles. The molecule has 0 unspecified atom stereocenters. The molecule has 0 bridgehead atoms. The van der Waals surface area contributed by atoms with E-state index in [1.807, 2.05) is 25.1 Å². The van der Waals surface area contributed by atoms with Gasteiger partial charge in [-0.2, -0.15) is 0 Å². The van der Waals surface area contributed by atoms with Crippen molar-refractivity contribution in [2.45, 2.75) is 20.3 Å². The van der Waals surface area contributed by atoms with Crippen LogP contribution in [0.4, 0.5) is 0 Å². The second kappa shape index (κ2) is 5.60. The summed E-state index contributed by atoms with van der Waals surface area (Å²) in [7, 11) is 0. The molecule has 0 fully saturated rings. The number of rotatable bonds is 3. The summed E-state index contributed by atoms with van der Waals surface area (Å²) in [5.74, 6) is 1.11. The van der Waals surface area contributed by atoms with Crippen molar-refractivity contribution in [1.29, 1.82) is 0 Å². The van der Waals surface area contributed by atoms with E-state index >= 15 is 0 Å².